The van der Waals surface area contributed by atoms with Crippen molar-refractivity contribution in [3.63, 3.8) is 0 Å². The summed E-state index contributed by atoms with van der Waals surface area (Å²) in [5, 5.41) is 9.08. The monoisotopic (exact) mass is 340 g/mol. The Morgan fingerprint density at radius 3 is 2.62 bits per heavy atom. The maximum absolute atomic E-state index is 11.2. The fourth-order valence-corrected chi connectivity index (χ4v) is 3.45. The molecular formula is C19H32O5. The molecule has 0 aromatic heterocycles. The summed E-state index contributed by atoms with van der Waals surface area (Å²) in [5.41, 5.74) is 1.06. The maximum atomic E-state index is 11.2. The zero-order valence-corrected chi connectivity index (χ0v) is 15.4. The summed E-state index contributed by atoms with van der Waals surface area (Å²) in [6.45, 7) is 6.34. The number of unbranched alkanes of at least 4 members (excludes halogenated alkanes) is 1. The Kier molecular flexibility index (Phi) is 9.04. The largest absolute Gasteiger partial charge is 0.466 e. The van der Waals surface area contributed by atoms with Crippen molar-refractivity contribution in [3.8, 4) is 0 Å². The smallest absolute Gasteiger partial charge is 0.330 e. The molecule has 4 atom stereocenters. The predicted octanol–water partition coefficient (Wildman–Crippen LogP) is 3.25. The van der Waals surface area contributed by atoms with Gasteiger partial charge in [0.25, 0.3) is 0 Å². The molecule has 0 bridgehead atoms. The molecule has 0 aromatic carbocycles. The fraction of sp³-hybridized carbons (Fsp3) is 0.789. The number of cyclic esters (lactones) is 1. The lowest BCUT2D eigenvalue weighted by molar-refractivity contribution is -0.189. The third-order valence-corrected chi connectivity index (χ3v) is 4.69. The van der Waals surface area contributed by atoms with Crippen LogP contribution in [0.25, 0.3) is 0 Å². The molecular weight excluding hydrogens is 308 g/mol. The van der Waals surface area contributed by atoms with E-state index in [0.717, 1.165) is 44.1 Å². The maximum Gasteiger partial charge on any atom is 0.330 e. The molecule has 0 aromatic rings. The van der Waals surface area contributed by atoms with Crippen LogP contribution in [-0.4, -0.2) is 36.9 Å². The summed E-state index contributed by atoms with van der Waals surface area (Å²) in [6, 6.07) is 0. The molecule has 0 spiro atoms. The van der Waals surface area contributed by atoms with Crippen LogP contribution in [0.15, 0.2) is 11.6 Å². The van der Waals surface area contributed by atoms with Crippen molar-refractivity contribution in [2.45, 2.75) is 65.4 Å². The van der Waals surface area contributed by atoms with E-state index in [-0.39, 0.29) is 30.6 Å². The average Bonchev–Trinajstić information content (AvgIpc) is 2.49. The van der Waals surface area contributed by atoms with Crippen LogP contribution in [0.5, 0.6) is 0 Å². The van der Waals surface area contributed by atoms with Gasteiger partial charge in [0.2, 0.25) is 0 Å². The lowest BCUT2D eigenvalue weighted by Crippen LogP contribution is -2.47. The van der Waals surface area contributed by atoms with Crippen LogP contribution in [0, 0.1) is 17.8 Å². The fourth-order valence-electron chi connectivity index (χ4n) is 3.45. The third-order valence-electron chi connectivity index (χ3n) is 4.69. The first-order valence-electron chi connectivity index (χ1n) is 8.93. The van der Waals surface area contributed by atoms with Crippen LogP contribution in [0.2, 0.25) is 0 Å². The number of carbonyl (C=O) groups is 2. The Bertz CT molecular complexity index is 443. The Labute approximate surface area is 145 Å². The number of hydrogen-bond donors (Lipinski definition) is 1. The quantitative estimate of drug-likeness (QED) is 0.355. The van der Waals surface area contributed by atoms with Gasteiger partial charge in [0.1, 0.15) is 12.0 Å². The first kappa shape index (κ1) is 20.7. The van der Waals surface area contributed by atoms with Crippen LogP contribution in [-0.2, 0) is 19.1 Å². The molecule has 1 aliphatic rings. The summed E-state index contributed by atoms with van der Waals surface area (Å²) in [4.78, 5) is 22.3. The molecule has 0 aliphatic carbocycles. The topological polar surface area (TPSA) is 72.8 Å². The molecule has 1 rings (SSSR count). The number of ether oxygens (including phenoxy) is 2. The van der Waals surface area contributed by atoms with Crippen molar-refractivity contribution in [1.82, 2.24) is 0 Å². The van der Waals surface area contributed by atoms with Crippen molar-refractivity contribution < 1.29 is 24.2 Å². The first-order valence-corrected chi connectivity index (χ1v) is 8.93. The highest BCUT2D eigenvalue weighted by Crippen LogP contribution is 2.28. The number of rotatable bonds is 11. The molecule has 5 nitrogen and oxygen atoms in total. The highest BCUT2D eigenvalue weighted by atomic mass is 16.6. The van der Waals surface area contributed by atoms with Crippen LogP contribution in [0.4, 0.5) is 0 Å². The minimum Gasteiger partial charge on any atom is -0.466 e. The van der Waals surface area contributed by atoms with Crippen molar-refractivity contribution in [2.75, 3.05) is 13.7 Å². The summed E-state index contributed by atoms with van der Waals surface area (Å²) in [7, 11) is 1.39. The van der Waals surface area contributed by atoms with Gasteiger partial charge < -0.3 is 14.6 Å². The van der Waals surface area contributed by atoms with Gasteiger partial charge in [0.05, 0.1) is 13.7 Å². The Balaban J connectivity index is 2.15. The normalized spacial score (nSPS) is 23.2. The summed E-state index contributed by atoms with van der Waals surface area (Å²) in [6.07, 6.45) is 7.65. The first-order chi connectivity index (χ1) is 11.4. The van der Waals surface area contributed by atoms with E-state index in [0.29, 0.717) is 11.8 Å². The minimum atomic E-state index is -0.299. The van der Waals surface area contributed by atoms with Gasteiger partial charge in [-0.25, -0.2) is 4.79 Å². The molecule has 0 amide bonds. The van der Waals surface area contributed by atoms with E-state index in [4.69, 9.17) is 9.84 Å². The summed E-state index contributed by atoms with van der Waals surface area (Å²) in [5.74, 6) is 0.313. The van der Waals surface area contributed by atoms with Crippen molar-refractivity contribution in [1.29, 1.82) is 0 Å². The second-order valence-electron chi connectivity index (χ2n) is 7.21. The Hall–Kier alpha value is -1.36. The number of methoxy groups -OCH3 is 1. The van der Waals surface area contributed by atoms with E-state index in [1.165, 1.54) is 7.11 Å². The molecule has 5 heteroatoms. The molecule has 1 N–H and O–H groups in total. The molecule has 1 fully saturated rings. The number of allylic oxidation sites excluding steroid dienone is 1. The van der Waals surface area contributed by atoms with Crippen LogP contribution in [0.1, 0.15) is 59.3 Å². The van der Waals surface area contributed by atoms with Gasteiger partial charge in [0.15, 0.2) is 0 Å². The van der Waals surface area contributed by atoms with E-state index in [9.17, 15) is 9.59 Å². The average molecular weight is 340 g/mol. The van der Waals surface area contributed by atoms with Gasteiger partial charge in [-0.2, -0.15) is 0 Å². The zero-order valence-electron chi connectivity index (χ0n) is 15.4. The van der Waals surface area contributed by atoms with Crippen molar-refractivity contribution in [3.05, 3.63) is 11.6 Å². The molecule has 4 unspecified atom stereocenters. The highest BCUT2D eigenvalue weighted by Gasteiger charge is 2.41. The van der Waals surface area contributed by atoms with Gasteiger partial charge in [-0.1, -0.05) is 32.3 Å². The molecule has 1 heterocycles. The number of hydrogen-bond acceptors (Lipinski definition) is 5. The Morgan fingerprint density at radius 1 is 1.33 bits per heavy atom. The number of esters is 2. The van der Waals surface area contributed by atoms with E-state index < -0.39 is 0 Å². The molecule has 138 valence electrons. The van der Waals surface area contributed by atoms with Crippen LogP contribution < -0.4 is 0 Å². The third kappa shape index (κ3) is 7.04. The van der Waals surface area contributed by atoms with E-state index >= 15 is 0 Å². The summed E-state index contributed by atoms with van der Waals surface area (Å²) >= 11 is 0. The number of aliphatic hydroxyl groups is 1. The van der Waals surface area contributed by atoms with E-state index in [2.05, 4.69) is 18.6 Å². The van der Waals surface area contributed by atoms with Gasteiger partial charge in [-0.15, -0.1) is 0 Å². The highest BCUT2D eigenvalue weighted by molar-refractivity contribution is 5.82. The minimum absolute atomic E-state index is 0.0807. The molecule has 1 saturated heterocycles. The van der Waals surface area contributed by atoms with Gasteiger partial charge in [0, 0.05) is 6.08 Å². The molecule has 1 aliphatic heterocycles. The van der Waals surface area contributed by atoms with Crippen molar-refractivity contribution in [2.24, 2.45) is 17.8 Å². The lowest BCUT2D eigenvalue weighted by atomic mass is 9.88. The number of carbonyl (C=O) groups excluding carboxylic acids is 2. The van der Waals surface area contributed by atoms with E-state index in [1.807, 2.05) is 6.92 Å². The van der Waals surface area contributed by atoms with Gasteiger partial charge in [-0.3, -0.25) is 4.79 Å². The zero-order chi connectivity index (χ0) is 18.1. The van der Waals surface area contributed by atoms with Gasteiger partial charge in [-0.05, 0) is 44.4 Å². The lowest BCUT2D eigenvalue weighted by Gasteiger charge is -2.33. The van der Waals surface area contributed by atoms with Crippen LogP contribution in [0.3, 0.4) is 0 Å². The van der Waals surface area contributed by atoms with Crippen molar-refractivity contribution >= 4 is 11.9 Å². The van der Waals surface area contributed by atoms with E-state index in [1.54, 1.807) is 6.08 Å². The SMILES string of the molecule is COC(=O)/C=C(\C)CC(C)CC(C)CCCCC1OC(=O)C1CO. The van der Waals surface area contributed by atoms with Gasteiger partial charge >= 0.3 is 11.9 Å². The standard InChI is InChI=1S/C19H32O5/c1-13(9-14(2)10-15(3)11-18(21)23-4)7-5-6-8-17-16(12-20)19(22)24-17/h11,13-14,16-17,20H,5-10,12H2,1-4H3/b15-11+. The second-order valence-corrected chi connectivity index (χ2v) is 7.21. The predicted molar refractivity (Wildman–Crippen MR) is 92.3 cm³/mol. The van der Waals surface area contributed by atoms with Crippen LogP contribution >= 0.6 is 0 Å². The molecule has 0 radical (unpaired) electrons. The second kappa shape index (κ2) is 10.5. The summed E-state index contributed by atoms with van der Waals surface area (Å²) < 4.78 is 9.70. The molecule has 24 heavy (non-hydrogen) atoms. The molecule has 0 saturated carbocycles. The Morgan fingerprint density at radius 2 is 2.04 bits per heavy atom. The number of aliphatic hydroxyl groups excluding tert-OH is 1.